The average Bonchev–Trinajstić information content (AvgIpc) is 1.67. The van der Waals surface area contributed by atoms with Gasteiger partial charge in [0, 0.05) is 14.1 Å². The zero-order valence-electron chi connectivity index (χ0n) is 5.35. The van der Waals surface area contributed by atoms with E-state index in [0.717, 1.165) is 0 Å². The molecule has 0 heterocycles. The molecule has 0 aromatic heterocycles. The third-order valence-electron chi connectivity index (χ3n) is 0.818. The van der Waals surface area contributed by atoms with Crippen LogP contribution in [-0.2, 0) is 4.79 Å². The van der Waals surface area contributed by atoms with Crippen molar-refractivity contribution in [2.24, 2.45) is 0 Å². The van der Waals surface area contributed by atoms with Crippen molar-refractivity contribution < 1.29 is 4.79 Å². The largest absolute Gasteiger partial charge is 0.345 e. The molecule has 0 spiro atoms. The van der Waals surface area contributed by atoms with Gasteiger partial charge in [-0.2, -0.15) is 0 Å². The normalized spacial score (nSPS) is 8.38. The minimum Gasteiger partial charge on any atom is -0.345 e. The first-order valence-electron chi connectivity index (χ1n) is 2.49. The molecule has 0 aliphatic carbocycles. The quantitative estimate of drug-likeness (QED) is 0.477. The van der Waals surface area contributed by atoms with Crippen molar-refractivity contribution in [1.82, 2.24) is 4.90 Å². The van der Waals surface area contributed by atoms with Gasteiger partial charge in [0.1, 0.15) is 6.42 Å². The average molecular weight is 113 g/mol. The van der Waals surface area contributed by atoms with Crippen molar-refractivity contribution in [1.29, 1.82) is 0 Å². The van der Waals surface area contributed by atoms with Crippen LogP contribution in [0.4, 0.5) is 0 Å². The van der Waals surface area contributed by atoms with Gasteiger partial charge in [0.15, 0.2) is 0 Å². The predicted molar refractivity (Wildman–Crippen MR) is 33.0 cm³/mol. The molecule has 1 amide bonds. The van der Waals surface area contributed by atoms with Crippen molar-refractivity contribution in [3.05, 3.63) is 13.3 Å². The molecule has 0 aromatic carbocycles. The van der Waals surface area contributed by atoms with Gasteiger partial charge < -0.3 is 4.90 Å². The highest BCUT2D eigenvalue weighted by molar-refractivity contribution is 5.76. The Bertz CT molecular complexity index is 78.6. The van der Waals surface area contributed by atoms with Gasteiger partial charge in [-0.15, -0.1) is 6.92 Å². The lowest BCUT2D eigenvalue weighted by Gasteiger charge is -2.05. The van der Waals surface area contributed by atoms with E-state index in [1.165, 1.54) is 0 Å². The van der Waals surface area contributed by atoms with Crippen molar-refractivity contribution in [3.8, 4) is 0 Å². The fraction of sp³-hybridized carbons (Fsp3) is 0.500. The highest BCUT2D eigenvalue weighted by Gasteiger charge is 2.02. The van der Waals surface area contributed by atoms with Crippen LogP contribution >= 0.6 is 0 Å². The van der Waals surface area contributed by atoms with Crippen molar-refractivity contribution >= 4 is 5.91 Å². The van der Waals surface area contributed by atoms with E-state index in [1.807, 2.05) is 0 Å². The highest BCUT2D eigenvalue weighted by Crippen LogP contribution is 1.88. The van der Waals surface area contributed by atoms with Crippen molar-refractivity contribution in [2.45, 2.75) is 6.42 Å². The molecule has 2 nitrogen and oxygen atoms in total. The number of carbonyl (C=O) groups excluding carboxylic acids is 1. The molecule has 0 bridgehead atoms. The summed E-state index contributed by atoms with van der Waals surface area (Å²) in [5.74, 6) is 0.0972. The molecule has 0 fully saturated rings. The van der Waals surface area contributed by atoms with E-state index in [1.54, 1.807) is 25.4 Å². The van der Waals surface area contributed by atoms with Gasteiger partial charge >= 0.3 is 0 Å². The van der Waals surface area contributed by atoms with E-state index < -0.39 is 0 Å². The minimum atomic E-state index is 0.0972. The van der Waals surface area contributed by atoms with Gasteiger partial charge in [-0.3, -0.25) is 4.79 Å². The van der Waals surface area contributed by atoms with Crippen molar-refractivity contribution in [3.63, 3.8) is 0 Å². The summed E-state index contributed by atoms with van der Waals surface area (Å²) < 4.78 is 0. The molecule has 0 aliphatic heterocycles. The summed E-state index contributed by atoms with van der Waals surface area (Å²) in [7, 11) is 3.46. The van der Waals surface area contributed by atoms with Crippen LogP contribution in [0.15, 0.2) is 0 Å². The molecule has 0 rings (SSSR count). The molecule has 0 saturated carbocycles. The maximum Gasteiger partial charge on any atom is 0.264 e. The summed E-state index contributed by atoms with van der Waals surface area (Å²) in [4.78, 5) is 12.1. The number of carbonyl (C=O) groups is 1. The molecule has 0 aromatic rings. The summed E-state index contributed by atoms with van der Waals surface area (Å²) in [6.45, 7) is 3.44. The molecule has 2 heteroatoms. The first-order chi connectivity index (χ1) is 3.68. The van der Waals surface area contributed by atoms with Crippen LogP contribution in [0.3, 0.4) is 0 Å². The van der Waals surface area contributed by atoms with Gasteiger partial charge in [-0.1, -0.05) is 6.42 Å². The van der Waals surface area contributed by atoms with Crippen LogP contribution in [0.1, 0.15) is 6.42 Å². The monoisotopic (exact) mass is 113 g/mol. The van der Waals surface area contributed by atoms with Crippen LogP contribution in [0.25, 0.3) is 0 Å². The van der Waals surface area contributed by atoms with E-state index in [4.69, 9.17) is 0 Å². The topological polar surface area (TPSA) is 20.3 Å². The summed E-state index contributed by atoms with van der Waals surface area (Å²) >= 11 is 0. The summed E-state index contributed by atoms with van der Waals surface area (Å²) in [5.41, 5.74) is 0. The lowest BCUT2D eigenvalue weighted by Crippen LogP contribution is -2.20. The first-order valence-corrected chi connectivity index (χ1v) is 2.49. The van der Waals surface area contributed by atoms with E-state index in [9.17, 15) is 4.79 Å². The van der Waals surface area contributed by atoms with Crippen LogP contribution < -0.4 is 0 Å². The Morgan fingerprint density at radius 1 is 1.75 bits per heavy atom. The van der Waals surface area contributed by atoms with Gasteiger partial charge in [0.05, 0.1) is 0 Å². The van der Waals surface area contributed by atoms with E-state index in [-0.39, 0.29) is 5.91 Å². The summed E-state index contributed by atoms with van der Waals surface area (Å²) in [6.07, 6.45) is 2.04. The van der Waals surface area contributed by atoms with Gasteiger partial charge in [0.2, 0.25) is 0 Å². The molecule has 0 radical (unpaired) electrons. The van der Waals surface area contributed by atoms with E-state index >= 15 is 0 Å². The van der Waals surface area contributed by atoms with E-state index in [0.29, 0.717) is 6.42 Å². The minimum absolute atomic E-state index is 0.0972. The Balaban J connectivity index is 3.33. The van der Waals surface area contributed by atoms with Gasteiger partial charge in [0.25, 0.3) is 5.91 Å². The molecule has 0 saturated heterocycles. The molecule has 0 unspecified atom stereocenters. The SMILES string of the molecule is [CH2-][CH+]CC(=O)N(C)C. The Hall–Kier alpha value is -0.660. The maximum atomic E-state index is 10.6. The third-order valence-corrected chi connectivity index (χ3v) is 0.818. The lowest BCUT2D eigenvalue weighted by molar-refractivity contribution is -0.127. The zero-order chi connectivity index (χ0) is 6.57. The predicted octanol–water partition coefficient (Wildman–Crippen LogP) is 0.503. The number of hydrogen-bond acceptors (Lipinski definition) is 1. The summed E-state index contributed by atoms with van der Waals surface area (Å²) in [6, 6.07) is 0. The second-order valence-electron chi connectivity index (χ2n) is 1.78. The number of hydrogen-bond donors (Lipinski definition) is 0. The van der Waals surface area contributed by atoms with Crippen LogP contribution in [0, 0.1) is 13.3 Å². The molecule has 46 valence electrons. The molecule has 0 atom stereocenters. The zero-order valence-corrected chi connectivity index (χ0v) is 5.35. The van der Waals surface area contributed by atoms with Gasteiger partial charge in [-0.25, -0.2) is 0 Å². The summed E-state index contributed by atoms with van der Waals surface area (Å²) in [5, 5.41) is 0. The Kier molecular flexibility index (Phi) is 3.08. The first kappa shape index (κ1) is 7.34. The molecule has 8 heavy (non-hydrogen) atoms. The van der Waals surface area contributed by atoms with Crippen LogP contribution in [0.5, 0.6) is 0 Å². The van der Waals surface area contributed by atoms with Gasteiger partial charge in [-0.05, 0) is 0 Å². The highest BCUT2D eigenvalue weighted by atomic mass is 16.2. The molecule has 0 aliphatic rings. The smallest absolute Gasteiger partial charge is 0.264 e. The maximum absolute atomic E-state index is 10.6. The molecular formula is C6H11NO. The molecule has 0 N–H and O–H groups in total. The van der Waals surface area contributed by atoms with E-state index in [2.05, 4.69) is 6.92 Å². The fourth-order valence-electron chi connectivity index (χ4n) is 0.306. The second kappa shape index (κ2) is 3.36. The van der Waals surface area contributed by atoms with Crippen molar-refractivity contribution in [2.75, 3.05) is 14.1 Å². The standard InChI is InChI=1S/C6H11NO/c1-4-5-6(8)7(2)3/h4H,1,5H2,2-3H3. The fourth-order valence-corrected chi connectivity index (χ4v) is 0.306. The Morgan fingerprint density at radius 3 is 2.38 bits per heavy atom. The third kappa shape index (κ3) is 2.50. The number of amides is 1. The van der Waals surface area contributed by atoms with Crippen LogP contribution in [0.2, 0.25) is 0 Å². The lowest BCUT2D eigenvalue weighted by atomic mass is 10.3. The number of nitrogens with zero attached hydrogens (tertiary/aromatic N) is 1. The van der Waals surface area contributed by atoms with Crippen LogP contribution in [-0.4, -0.2) is 24.9 Å². The molecular weight excluding hydrogens is 102 g/mol. The number of rotatable bonds is 2. The Labute approximate surface area is 50.5 Å². The second-order valence-corrected chi connectivity index (χ2v) is 1.78. The Morgan fingerprint density at radius 2 is 2.25 bits per heavy atom.